The smallest absolute Gasteiger partial charge is 0.305 e. The summed E-state index contributed by atoms with van der Waals surface area (Å²) in [5, 5.41) is 42.4. The fraction of sp³-hybridized carbons (Fsp3) is 0.842. The van der Waals surface area contributed by atoms with E-state index in [4.69, 9.17) is 0 Å². The van der Waals surface area contributed by atoms with Crippen molar-refractivity contribution in [2.75, 3.05) is 7.11 Å². The fourth-order valence-electron chi connectivity index (χ4n) is 2.97. The number of aliphatic hydroxyl groups is 2. The zero-order valence-corrected chi connectivity index (χ0v) is 17.3. The molecule has 2 N–H and O–H groups in total. The summed E-state index contributed by atoms with van der Waals surface area (Å²) in [6.07, 6.45) is 4.64. The third-order valence-electron chi connectivity index (χ3n) is 4.81. The highest BCUT2D eigenvalue weighted by atomic mass is 16.6. The maximum Gasteiger partial charge on any atom is 0.305 e. The second kappa shape index (κ2) is 15.8. The monoisotopic (exact) mass is 418 g/mol. The Labute approximate surface area is 171 Å². The first kappa shape index (κ1) is 26.9. The number of nitro groups is 2. The number of methoxy groups -OCH3 is 1. The van der Waals surface area contributed by atoms with E-state index in [0.29, 0.717) is 19.3 Å². The number of hydrogen-bond acceptors (Lipinski definition) is 8. The van der Waals surface area contributed by atoms with Gasteiger partial charge in [0.15, 0.2) is 0 Å². The van der Waals surface area contributed by atoms with E-state index in [2.05, 4.69) is 4.74 Å². The molecule has 0 aliphatic rings. The van der Waals surface area contributed by atoms with Gasteiger partial charge in [-0.1, -0.05) is 38.3 Å². The van der Waals surface area contributed by atoms with Gasteiger partial charge < -0.3 is 14.9 Å². The average Bonchev–Trinajstić information content (AvgIpc) is 2.67. The van der Waals surface area contributed by atoms with Crippen LogP contribution in [0.2, 0.25) is 0 Å². The number of aliphatic hydroxyl groups excluding tert-OH is 2. The van der Waals surface area contributed by atoms with Gasteiger partial charge in [-0.05, 0) is 25.7 Å². The van der Waals surface area contributed by atoms with Crippen LogP contribution in [0.5, 0.6) is 0 Å². The Bertz CT molecular complexity index is 526. The molecule has 4 atom stereocenters. The third-order valence-corrected chi connectivity index (χ3v) is 4.81. The Morgan fingerprint density at radius 1 is 0.931 bits per heavy atom. The summed E-state index contributed by atoms with van der Waals surface area (Å²) in [5.74, 6) is -0.366. The molecule has 0 aliphatic carbocycles. The number of ether oxygens (including phenoxy) is 1. The first-order chi connectivity index (χ1) is 13.7. The Hall–Kier alpha value is -2.07. The molecule has 0 saturated heterocycles. The van der Waals surface area contributed by atoms with Crippen molar-refractivity contribution in [3.8, 4) is 0 Å². The standard InChI is InChI=1S/C19H34N2O8/c1-3-4-5-10-15(20(25)26)17(22)12-7-6-11-16(21(27)28)18(23)13-8-9-14-19(24)29-2/h6-7,15-18,22-23H,3-5,8-14H2,1-2H3. The van der Waals surface area contributed by atoms with E-state index in [1.807, 2.05) is 6.92 Å². The lowest BCUT2D eigenvalue weighted by atomic mass is 9.99. The van der Waals surface area contributed by atoms with Gasteiger partial charge in [-0.25, -0.2) is 0 Å². The summed E-state index contributed by atoms with van der Waals surface area (Å²) in [6, 6.07) is -2.27. The molecule has 0 aromatic rings. The minimum Gasteiger partial charge on any atom is -0.469 e. The SMILES string of the molecule is CCCCCC(C(O)CC=CCC(C(O)CCCCC(=O)OC)[N+](=O)[O-])[N+](=O)[O-]. The lowest BCUT2D eigenvalue weighted by Crippen LogP contribution is -2.34. The number of unbranched alkanes of at least 4 members (excludes halogenated alkanes) is 3. The molecule has 0 fully saturated rings. The van der Waals surface area contributed by atoms with Crippen LogP contribution in [0, 0.1) is 20.2 Å². The number of hydrogen-bond donors (Lipinski definition) is 2. The van der Waals surface area contributed by atoms with Gasteiger partial charge in [-0.2, -0.15) is 0 Å². The zero-order valence-electron chi connectivity index (χ0n) is 17.3. The molecule has 4 unspecified atom stereocenters. The van der Waals surface area contributed by atoms with Crippen LogP contribution in [0.3, 0.4) is 0 Å². The van der Waals surface area contributed by atoms with E-state index >= 15 is 0 Å². The van der Waals surface area contributed by atoms with Gasteiger partial charge in [0, 0.05) is 29.1 Å². The van der Waals surface area contributed by atoms with Crippen LogP contribution in [0.25, 0.3) is 0 Å². The normalized spacial score (nSPS) is 15.6. The van der Waals surface area contributed by atoms with Gasteiger partial charge >= 0.3 is 5.97 Å². The Balaban J connectivity index is 4.47. The van der Waals surface area contributed by atoms with Crippen LogP contribution in [0.15, 0.2) is 12.2 Å². The van der Waals surface area contributed by atoms with E-state index in [-0.39, 0.29) is 38.1 Å². The predicted octanol–water partition coefficient (Wildman–Crippen LogP) is 2.65. The first-order valence-electron chi connectivity index (χ1n) is 10.1. The number of carbonyl (C=O) groups excluding carboxylic acids is 1. The highest BCUT2D eigenvalue weighted by Crippen LogP contribution is 2.15. The lowest BCUT2D eigenvalue weighted by Gasteiger charge is -2.15. The number of esters is 1. The van der Waals surface area contributed by atoms with Gasteiger partial charge in [0.05, 0.1) is 7.11 Å². The molecule has 0 amide bonds. The van der Waals surface area contributed by atoms with E-state index in [1.165, 1.54) is 19.3 Å². The van der Waals surface area contributed by atoms with Crippen molar-refractivity contribution in [2.45, 2.75) is 95.4 Å². The molecule has 0 radical (unpaired) electrons. The summed E-state index contributed by atoms with van der Waals surface area (Å²) in [6.45, 7) is 1.99. The second-order valence-electron chi connectivity index (χ2n) is 7.10. The van der Waals surface area contributed by atoms with Gasteiger partial charge in [-0.3, -0.25) is 25.0 Å². The van der Waals surface area contributed by atoms with E-state index in [1.54, 1.807) is 0 Å². The van der Waals surface area contributed by atoms with E-state index < -0.39 is 34.1 Å². The van der Waals surface area contributed by atoms with Crippen LogP contribution in [-0.4, -0.2) is 57.4 Å². The van der Waals surface area contributed by atoms with Crippen molar-refractivity contribution in [1.29, 1.82) is 0 Å². The van der Waals surface area contributed by atoms with Gasteiger partial charge in [-0.15, -0.1) is 0 Å². The molecule has 0 heterocycles. The molecule has 0 spiro atoms. The van der Waals surface area contributed by atoms with Crippen molar-refractivity contribution < 1.29 is 29.6 Å². The van der Waals surface area contributed by atoms with Crippen LogP contribution in [0.4, 0.5) is 0 Å². The minimum atomic E-state index is -1.21. The minimum absolute atomic E-state index is 0.0252. The molecule has 0 bridgehead atoms. The largest absolute Gasteiger partial charge is 0.469 e. The van der Waals surface area contributed by atoms with Crippen LogP contribution in [0.1, 0.15) is 71.1 Å². The number of carbonyl (C=O) groups is 1. The summed E-state index contributed by atoms with van der Waals surface area (Å²) >= 11 is 0. The molecule has 0 aromatic carbocycles. The van der Waals surface area contributed by atoms with Crippen LogP contribution >= 0.6 is 0 Å². The van der Waals surface area contributed by atoms with Crippen molar-refractivity contribution >= 4 is 5.97 Å². The molecule has 0 rings (SSSR count). The van der Waals surface area contributed by atoms with Crippen molar-refractivity contribution in [1.82, 2.24) is 0 Å². The molecule has 10 heteroatoms. The number of nitrogens with zero attached hydrogens (tertiary/aromatic N) is 2. The summed E-state index contributed by atoms with van der Waals surface area (Å²) < 4.78 is 4.51. The lowest BCUT2D eigenvalue weighted by molar-refractivity contribution is -0.535. The van der Waals surface area contributed by atoms with Crippen molar-refractivity contribution in [2.24, 2.45) is 0 Å². The topological polar surface area (TPSA) is 153 Å². The van der Waals surface area contributed by atoms with Gasteiger partial charge in [0.1, 0.15) is 12.2 Å². The molecular formula is C19H34N2O8. The summed E-state index contributed by atoms with van der Waals surface area (Å²) in [7, 11) is 1.28. The molecule has 0 saturated carbocycles. The molecule has 0 aromatic heterocycles. The first-order valence-corrected chi connectivity index (χ1v) is 10.1. The average molecular weight is 418 g/mol. The molecule has 168 valence electrons. The van der Waals surface area contributed by atoms with Crippen molar-refractivity contribution in [3.05, 3.63) is 32.4 Å². The molecular weight excluding hydrogens is 384 g/mol. The summed E-state index contributed by atoms with van der Waals surface area (Å²) in [4.78, 5) is 32.3. The molecule has 29 heavy (non-hydrogen) atoms. The predicted molar refractivity (Wildman–Crippen MR) is 107 cm³/mol. The Morgan fingerprint density at radius 2 is 1.52 bits per heavy atom. The maximum absolute atomic E-state index is 11.2. The quantitative estimate of drug-likeness (QED) is 0.120. The van der Waals surface area contributed by atoms with E-state index in [9.17, 15) is 35.2 Å². The second-order valence-corrected chi connectivity index (χ2v) is 7.10. The molecule has 10 nitrogen and oxygen atoms in total. The summed E-state index contributed by atoms with van der Waals surface area (Å²) in [5.41, 5.74) is 0. The Morgan fingerprint density at radius 3 is 2.07 bits per heavy atom. The van der Waals surface area contributed by atoms with Gasteiger partial charge in [0.25, 0.3) is 0 Å². The fourth-order valence-corrected chi connectivity index (χ4v) is 2.97. The maximum atomic E-state index is 11.2. The van der Waals surface area contributed by atoms with Crippen LogP contribution < -0.4 is 0 Å². The van der Waals surface area contributed by atoms with E-state index in [0.717, 1.165) is 12.8 Å². The molecule has 0 aliphatic heterocycles. The van der Waals surface area contributed by atoms with Gasteiger partial charge in [0.2, 0.25) is 12.1 Å². The third kappa shape index (κ3) is 12.2. The van der Waals surface area contributed by atoms with Crippen LogP contribution in [-0.2, 0) is 9.53 Å². The highest BCUT2D eigenvalue weighted by molar-refractivity contribution is 5.68. The zero-order chi connectivity index (χ0) is 22.2. The Kier molecular flexibility index (Phi) is 14.7. The highest BCUT2D eigenvalue weighted by Gasteiger charge is 2.29. The van der Waals surface area contributed by atoms with Crippen molar-refractivity contribution in [3.63, 3.8) is 0 Å². The number of rotatable bonds is 17.